The molecule has 1 fully saturated rings. The predicted octanol–water partition coefficient (Wildman–Crippen LogP) is 4.11. The largest absolute Gasteiger partial charge is 0.338 e. The summed E-state index contributed by atoms with van der Waals surface area (Å²) in [6.45, 7) is 2.12. The lowest BCUT2D eigenvalue weighted by atomic mass is 10.1. The Balaban J connectivity index is 2.07. The molecule has 2 nitrogen and oxygen atoms in total. The van der Waals surface area contributed by atoms with Gasteiger partial charge in [0.1, 0.15) is 0 Å². The summed E-state index contributed by atoms with van der Waals surface area (Å²) in [4.78, 5) is 15.5. The highest BCUT2D eigenvalue weighted by Crippen LogP contribution is 2.25. The standard InChI is InChI=1S/C15H23NOS/c1-3-12-10-11-18-14(12)15(17)16(2)13-8-6-4-5-7-9-13/h10-11,13H,3-9H2,1-2H3. The first-order valence-corrected chi connectivity index (χ1v) is 7.95. The van der Waals surface area contributed by atoms with Crippen molar-refractivity contribution in [3.63, 3.8) is 0 Å². The van der Waals surface area contributed by atoms with Crippen LogP contribution >= 0.6 is 11.3 Å². The molecule has 2 rings (SSSR count). The van der Waals surface area contributed by atoms with Gasteiger partial charge >= 0.3 is 0 Å². The molecule has 3 heteroatoms. The van der Waals surface area contributed by atoms with Gasteiger partial charge in [-0.05, 0) is 36.3 Å². The molecule has 1 aromatic rings. The van der Waals surface area contributed by atoms with Crippen LogP contribution in [0.3, 0.4) is 0 Å². The van der Waals surface area contributed by atoms with E-state index in [0.717, 1.165) is 11.3 Å². The van der Waals surface area contributed by atoms with Crippen LogP contribution in [-0.2, 0) is 6.42 Å². The summed E-state index contributed by atoms with van der Waals surface area (Å²) in [5, 5.41) is 2.03. The Labute approximate surface area is 114 Å². The molecule has 1 aliphatic carbocycles. The summed E-state index contributed by atoms with van der Waals surface area (Å²) in [7, 11) is 1.98. The maximum Gasteiger partial charge on any atom is 0.264 e. The molecule has 0 aliphatic heterocycles. The third-order valence-electron chi connectivity index (χ3n) is 4.01. The molecule has 0 atom stereocenters. The number of hydrogen-bond donors (Lipinski definition) is 0. The molecule has 0 N–H and O–H groups in total. The maximum absolute atomic E-state index is 12.5. The van der Waals surface area contributed by atoms with Crippen molar-refractivity contribution < 1.29 is 4.79 Å². The minimum Gasteiger partial charge on any atom is -0.338 e. The van der Waals surface area contributed by atoms with Crippen molar-refractivity contribution in [2.75, 3.05) is 7.05 Å². The Morgan fingerprint density at radius 1 is 1.33 bits per heavy atom. The second-order valence-corrected chi connectivity index (χ2v) is 6.11. The van der Waals surface area contributed by atoms with Crippen LogP contribution in [0, 0.1) is 0 Å². The van der Waals surface area contributed by atoms with Gasteiger partial charge in [0.25, 0.3) is 5.91 Å². The first-order chi connectivity index (χ1) is 8.74. The van der Waals surface area contributed by atoms with Gasteiger partial charge in [-0.2, -0.15) is 0 Å². The summed E-state index contributed by atoms with van der Waals surface area (Å²) >= 11 is 1.59. The molecule has 0 bridgehead atoms. The first-order valence-electron chi connectivity index (χ1n) is 7.07. The van der Waals surface area contributed by atoms with E-state index in [-0.39, 0.29) is 5.91 Å². The van der Waals surface area contributed by atoms with Crippen molar-refractivity contribution in [3.8, 4) is 0 Å². The van der Waals surface area contributed by atoms with Crippen LogP contribution in [0.2, 0.25) is 0 Å². The van der Waals surface area contributed by atoms with E-state index >= 15 is 0 Å². The first kappa shape index (κ1) is 13.6. The highest BCUT2D eigenvalue weighted by atomic mass is 32.1. The summed E-state index contributed by atoms with van der Waals surface area (Å²) in [5.74, 6) is 0.230. The molecule has 0 unspecified atom stereocenters. The van der Waals surface area contributed by atoms with E-state index in [2.05, 4.69) is 13.0 Å². The smallest absolute Gasteiger partial charge is 0.264 e. The number of aryl methyl sites for hydroxylation is 1. The highest BCUT2D eigenvalue weighted by molar-refractivity contribution is 7.12. The lowest BCUT2D eigenvalue weighted by Gasteiger charge is -2.27. The molecule has 18 heavy (non-hydrogen) atoms. The second-order valence-electron chi connectivity index (χ2n) is 5.19. The van der Waals surface area contributed by atoms with Gasteiger partial charge in [-0.25, -0.2) is 0 Å². The van der Waals surface area contributed by atoms with Crippen molar-refractivity contribution in [3.05, 3.63) is 21.9 Å². The van der Waals surface area contributed by atoms with Crippen LogP contribution in [0.1, 0.15) is 60.7 Å². The van der Waals surface area contributed by atoms with Gasteiger partial charge in [0, 0.05) is 13.1 Å². The molecule has 1 amide bonds. The molecule has 0 saturated heterocycles. The summed E-state index contributed by atoms with van der Waals surface area (Å²) < 4.78 is 0. The van der Waals surface area contributed by atoms with Crippen LogP contribution < -0.4 is 0 Å². The fraction of sp³-hybridized carbons (Fsp3) is 0.667. The van der Waals surface area contributed by atoms with Crippen molar-refractivity contribution >= 4 is 17.2 Å². The van der Waals surface area contributed by atoms with E-state index in [0.29, 0.717) is 6.04 Å². The number of nitrogens with zero attached hydrogens (tertiary/aromatic N) is 1. The van der Waals surface area contributed by atoms with Gasteiger partial charge in [0.15, 0.2) is 0 Å². The zero-order valence-corrected chi connectivity index (χ0v) is 12.3. The minimum absolute atomic E-state index is 0.230. The Bertz CT molecular complexity index is 391. The monoisotopic (exact) mass is 265 g/mol. The fourth-order valence-electron chi connectivity index (χ4n) is 2.77. The molecule has 1 aromatic heterocycles. The molecule has 1 heterocycles. The molecular formula is C15H23NOS. The Hall–Kier alpha value is -0.830. The number of carbonyl (C=O) groups excluding carboxylic acids is 1. The van der Waals surface area contributed by atoms with Crippen LogP contribution in [0.5, 0.6) is 0 Å². The number of thiophene rings is 1. The van der Waals surface area contributed by atoms with Gasteiger partial charge in [-0.15, -0.1) is 11.3 Å². The number of amides is 1. The zero-order valence-electron chi connectivity index (χ0n) is 11.4. The Morgan fingerprint density at radius 3 is 2.61 bits per heavy atom. The third-order valence-corrected chi connectivity index (χ3v) is 4.96. The minimum atomic E-state index is 0.230. The third kappa shape index (κ3) is 2.94. The highest BCUT2D eigenvalue weighted by Gasteiger charge is 2.24. The van der Waals surface area contributed by atoms with Crippen molar-refractivity contribution in [1.29, 1.82) is 0 Å². The molecule has 1 aliphatic rings. The predicted molar refractivity (Wildman–Crippen MR) is 77.3 cm³/mol. The quantitative estimate of drug-likeness (QED) is 0.753. The van der Waals surface area contributed by atoms with E-state index < -0.39 is 0 Å². The molecule has 0 spiro atoms. The normalized spacial score (nSPS) is 17.4. The number of hydrogen-bond acceptors (Lipinski definition) is 2. The molecular weight excluding hydrogens is 242 g/mol. The van der Waals surface area contributed by atoms with Gasteiger partial charge in [0.05, 0.1) is 4.88 Å². The van der Waals surface area contributed by atoms with Crippen molar-refractivity contribution in [1.82, 2.24) is 4.90 Å². The lowest BCUT2D eigenvalue weighted by molar-refractivity contribution is 0.0721. The summed E-state index contributed by atoms with van der Waals surface area (Å²) in [5.41, 5.74) is 1.20. The second kappa shape index (κ2) is 6.37. The summed E-state index contributed by atoms with van der Waals surface area (Å²) in [6, 6.07) is 2.53. The van der Waals surface area contributed by atoms with E-state index in [1.165, 1.54) is 44.1 Å². The van der Waals surface area contributed by atoms with Crippen LogP contribution in [-0.4, -0.2) is 23.9 Å². The average Bonchev–Trinajstić information content (AvgIpc) is 2.70. The zero-order chi connectivity index (χ0) is 13.0. The molecule has 0 aromatic carbocycles. The van der Waals surface area contributed by atoms with E-state index in [1.54, 1.807) is 11.3 Å². The topological polar surface area (TPSA) is 20.3 Å². The van der Waals surface area contributed by atoms with Gasteiger partial charge < -0.3 is 4.90 Å². The van der Waals surface area contributed by atoms with E-state index in [4.69, 9.17) is 0 Å². The fourth-order valence-corrected chi connectivity index (χ4v) is 3.75. The van der Waals surface area contributed by atoms with E-state index in [1.807, 2.05) is 17.3 Å². The van der Waals surface area contributed by atoms with Gasteiger partial charge in [-0.1, -0.05) is 32.6 Å². The maximum atomic E-state index is 12.5. The number of rotatable bonds is 3. The SMILES string of the molecule is CCc1ccsc1C(=O)N(C)C1CCCCCC1. The number of carbonyl (C=O) groups is 1. The van der Waals surface area contributed by atoms with Crippen molar-refractivity contribution in [2.24, 2.45) is 0 Å². The molecule has 0 radical (unpaired) electrons. The molecule has 100 valence electrons. The lowest BCUT2D eigenvalue weighted by Crippen LogP contribution is -2.36. The van der Waals surface area contributed by atoms with Crippen LogP contribution in [0.4, 0.5) is 0 Å². The summed E-state index contributed by atoms with van der Waals surface area (Å²) in [6.07, 6.45) is 8.50. The van der Waals surface area contributed by atoms with Crippen molar-refractivity contribution in [2.45, 2.75) is 57.9 Å². The van der Waals surface area contributed by atoms with Crippen LogP contribution in [0.15, 0.2) is 11.4 Å². The Kier molecular flexibility index (Phi) is 4.81. The van der Waals surface area contributed by atoms with Gasteiger partial charge in [-0.3, -0.25) is 4.79 Å². The average molecular weight is 265 g/mol. The Morgan fingerprint density at radius 2 is 2.00 bits per heavy atom. The van der Waals surface area contributed by atoms with E-state index in [9.17, 15) is 4.79 Å². The van der Waals surface area contributed by atoms with Gasteiger partial charge in [0.2, 0.25) is 0 Å². The van der Waals surface area contributed by atoms with Crippen LogP contribution in [0.25, 0.3) is 0 Å². The molecule has 1 saturated carbocycles.